The van der Waals surface area contributed by atoms with Crippen molar-refractivity contribution in [2.45, 2.75) is 38.6 Å². The summed E-state index contributed by atoms with van der Waals surface area (Å²) >= 11 is 0. The zero-order valence-electron chi connectivity index (χ0n) is 18.7. The summed E-state index contributed by atoms with van der Waals surface area (Å²) in [6, 6.07) is 27.9. The molecule has 0 saturated carbocycles. The second kappa shape index (κ2) is 10.0. The molecule has 0 spiro atoms. The largest absolute Gasteiger partial charge is 0.493 e. The number of benzene rings is 3. The number of para-hydroxylation sites is 2. The number of rotatable bonds is 8. The van der Waals surface area contributed by atoms with Gasteiger partial charge >= 0.3 is 0 Å². The molecule has 1 aliphatic rings. The molecular formula is C28H33NO2. The van der Waals surface area contributed by atoms with Crippen LogP contribution in [0.3, 0.4) is 0 Å². The quantitative estimate of drug-likeness (QED) is 0.405. The highest BCUT2D eigenvalue weighted by Crippen LogP contribution is 2.49. The molecule has 1 heterocycles. The van der Waals surface area contributed by atoms with Crippen LogP contribution in [0.5, 0.6) is 11.5 Å². The standard InChI is InChI=1S/C28H33NO2/c1-3-30-26-19-11-9-17-24(26)28(23-15-7-5-8-16-23,29-21-13-6-14-22-29)25-18-10-12-20-27(25)31-4-2/h5,7-12,15-20H,3-4,6,13-14,21-22H2,1-2H3. The minimum absolute atomic E-state index is 0.487. The molecule has 0 unspecified atom stereocenters. The summed E-state index contributed by atoms with van der Waals surface area (Å²) in [5, 5.41) is 0. The fraction of sp³-hybridized carbons (Fsp3) is 0.357. The van der Waals surface area contributed by atoms with E-state index in [9.17, 15) is 0 Å². The lowest BCUT2D eigenvalue weighted by atomic mass is 9.74. The van der Waals surface area contributed by atoms with Gasteiger partial charge in [-0.15, -0.1) is 0 Å². The topological polar surface area (TPSA) is 21.7 Å². The Labute approximate surface area is 186 Å². The molecule has 0 N–H and O–H groups in total. The highest BCUT2D eigenvalue weighted by Gasteiger charge is 2.46. The summed E-state index contributed by atoms with van der Waals surface area (Å²) in [7, 11) is 0. The smallest absolute Gasteiger partial charge is 0.125 e. The Morgan fingerprint density at radius 1 is 0.645 bits per heavy atom. The fourth-order valence-corrected chi connectivity index (χ4v) is 4.98. The van der Waals surface area contributed by atoms with E-state index in [0.717, 1.165) is 24.6 Å². The minimum atomic E-state index is -0.487. The van der Waals surface area contributed by atoms with Crippen molar-refractivity contribution in [3.05, 3.63) is 95.6 Å². The number of likely N-dealkylation sites (tertiary alicyclic amines) is 1. The van der Waals surface area contributed by atoms with E-state index in [4.69, 9.17) is 9.47 Å². The minimum Gasteiger partial charge on any atom is -0.493 e. The van der Waals surface area contributed by atoms with Crippen molar-refractivity contribution in [1.29, 1.82) is 0 Å². The molecule has 0 bridgehead atoms. The van der Waals surface area contributed by atoms with E-state index >= 15 is 0 Å². The van der Waals surface area contributed by atoms with Crippen molar-refractivity contribution in [3.63, 3.8) is 0 Å². The fourth-order valence-electron chi connectivity index (χ4n) is 4.98. The second-order valence-corrected chi connectivity index (χ2v) is 7.98. The first-order valence-corrected chi connectivity index (χ1v) is 11.6. The lowest BCUT2D eigenvalue weighted by Gasteiger charge is -2.48. The van der Waals surface area contributed by atoms with E-state index in [1.807, 2.05) is 0 Å². The second-order valence-electron chi connectivity index (χ2n) is 7.98. The molecule has 3 aromatic carbocycles. The molecule has 162 valence electrons. The Morgan fingerprint density at radius 3 is 1.65 bits per heavy atom. The number of nitrogens with zero attached hydrogens (tertiary/aromatic N) is 1. The van der Waals surface area contributed by atoms with Crippen LogP contribution < -0.4 is 9.47 Å². The number of hydrogen-bond acceptors (Lipinski definition) is 3. The monoisotopic (exact) mass is 415 g/mol. The third-order valence-corrected chi connectivity index (χ3v) is 6.18. The highest BCUT2D eigenvalue weighted by atomic mass is 16.5. The molecule has 3 heteroatoms. The summed E-state index contributed by atoms with van der Waals surface area (Å²) in [5.74, 6) is 1.87. The Hall–Kier alpha value is -2.78. The molecule has 0 radical (unpaired) electrons. The maximum atomic E-state index is 6.21. The van der Waals surface area contributed by atoms with Crippen LogP contribution in [-0.2, 0) is 5.54 Å². The normalized spacial score (nSPS) is 14.9. The lowest BCUT2D eigenvalue weighted by molar-refractivity contribution is 0.121. The molecule has 0 aromatic heterocycles. The van der Waals surface area contributed by atoms with Gasteiger partial charge in [-0.1, -0.05) is 73.2 Å². The average molecular weight is 416 g/mol. The summed E-state index contributed by atoms with van der Waals surface area (Å²) in [5.41, 5.74) is 3.12. The van der Waals surface area contributed by atoms with E-state index in [1.54, 1.807) is 0 Å². The van der Waals surface area contributed by atoms with Gasteiger partial charge in [0.2, 0.25) is 0 Å². The van der Waals surface area contributed by atoms with Crippen molar-refractivity contribution >= 4 is 0 Å². The van der Waals surface area contributed by atoms with Gasteiger partial charge in [0, 0.05) is 11.1 Å². The van der Waals surface area contributed by atoms with Crippen LogP contribution in [0.15, 0.2) is 78.9 Å². The molecule has 1 aliphatic heterocycles. The molecule has 4 rings (SSSR count). The van der Waals surface area contributed by atoms with E-state index in [-0.39, 0.29) is 0 Å². The molecule has 3 aromatic rings. The number of ether oxygens (including phenoxy) is 2. The van der Waals surface area contributed by atoms with Gasteiger partial charge in [0.1, 0.15) is 17.0 Å². The third-order valence-electron chi connectivity index (χ3n) is 6.18. The van der Waals surface area contributed by atoms with E-state index < -0.39 is 5.54 Å². The first-order valence-electron chi connectivity index (χ1n) is 11.6. The van der Waals surface area contributed by atoms with Crippen LogP contribution in [0.2, 0.25) is 0 Å². The summed E-state index contributed by atoms with van der Waals surface area (Å²) in [6.45, 7) is 7.45. The number of hydrogen-bond donors (Lipinski definition) is 0. The van der Waals surface area contributed by atoms with Gasteiger partial charge in [0.15, 0.2) is 0 Å². The van der Waals surface area contributed by atoms with E-state index in [2.05, 4.69) is 97.6 Å². The first-order chi connectivity index (χ1) is 15.3. The van der Waals surface area contributed by atoms with Crippen LogP contribution in [0.25, 0.3) is 0 Å². The first kappa shape index (κ1) is 21.5. The van der Waals surface area contributed by atoms with Gasteiger partial charge in [0.25, 0.3) is 0 Å². The molecule has 1 saturated heterocycles. The highest BCUT2D eigenvalue weighted by molar-refractivity contribution is 5.58. The molecular weight excluding hydrogens is 382 g/mol. The summed E-state index contributed by atoms with van der Waals surface area (Å²) in [6.07, 6.45) is 3.67. The SMILES string of the molecule is CCOc1ccccc1C(c1ccccc1)(c1ccccc1OCC)N1CCCCC1. The molecule has 0 atom stereocenters. The van der Waals surface area contributed by atoms with Crippen molar-refractivity contribution in [2.24, 2.45) is 0 Å². The van der Waals surface area contributed by atoms with Gasteiger partial charge in [-0.05, 0) is 57.5 Å². The van der Waals surface area contributed by atoms with Crippen LogP contribution in [0.4, 0.5) is 0 Å². The molecule has 3 nitrogen and oxygen atoms in total. The van der Waals surface area contributed by atoms with Gasteiger partial charge in [-0.2, -0.15) is 0 Å². The Kier molecular flexibility index (Phi) is 6.93. The zero-order chi connectivity index (χ0) is 21.5. The number of piperidine rings is 1. The maximum Gasteiger partial charge on any atom is 0.125 e. The van der Waals surface area contributed by atoms with E-state index in [0.29, 0.717) is 13.2 Å². The van der Waals surface area contributed by atoms with Crippen molar-refractivity contribution in [3.8, 4) is 11.5 Å². The maximum absolute atomic E-state index is 6.21. The summed E-state index contributed by atoms with van der Waals surface area (Å²) in [4.78, 5) is 2.64. The molecule has 31 heavy (non-hydrogen) atoms. The summed E-state index contributed by atoms with van der Waals surface area (Å²) < 4.78 is 12.4. The Balaban J connectivity index is 2.08. The van der Waals surface area contributed by atoms with Crippen LogP contribution in [-0.4, -0.2) is 31.2 Å². The van der Waals surface area contributed by atoms with Crippen LogP contribution >= 0.6 is 0 Å². The van der Waals surface area contributed by atoms with Crippen molar-refractivity contribution < 1.29 is 9.47 Å². The van der Waals surface area contributed by atoms with Gasteiger partial charge in [-0.3, -0.25) is 4.90 Å². The van der Waals surface area contributed by atoms with Gasteiger partial charge < -0.3 is 9.47 Å². The van der Waals surface area contributed by atoms with E-state index in [1.165, 1.54) is 36.0 Å². The lowest BCUT2D eigenvalue weighted by Crippen LogP contribution is -2.50. The van der Waals surface area contributed by atoms with Gasteiger partial charge in [0.05, 0.1) is 13.2 Å². The Bertz CT molecular complexity index is 914. The van der Waals surface area contributed by atoms with Gasteiger partial charge in [-0.25, -0.2) is 0 Å². The molecule has 0 aliphatic carbocycles. The average Bonchev–Trinajstić information content (AvgIpc) is 2.83. The predicted molar refractivity (Wildman–Crippen MR) is 127 cm³/mol. The van der Waals surface area contributed by atoms with Crippen LogP contribution in [0, 0.1) is 0 Å². The predicted octanol–water partition coefficient (Wildman–Crippen LogP) is 6.26. The van der Waals surface area contributed by atoms with Crippen LogP contribution in [0.1, 0.15) is 49.8 Å². The van der Waals surface area contributed by atoms with Crippen molar-refractivity contribution in [2.75, 3.05) is 26.3 Å². The third kappa shape index (κ3) is 4.07. The molecule has 0 amide bonds. The zero-order valence-corrected chi connectivity index (χ0v) is 18.7. The van der Waals surface area contributed by atoms with Crippen molar-refractivity contribution in [1.82, 2.24) is 4.90 Å². The Morgan fingerprint density at radius 2 is 1.13 bits per heavy atom. The molecule has 1 fully saturated rings.